The van der Waals surface area contributed by atoms with E-state index in [-0.39, 0.29) is 5.97 Å². The summed E-state index contributed by atoms with van der Waals surface area (Å²) < 4.78 is 15.8. The fourth-order valence-corrected chi connectivity index (χ4v) is 1.29. The van der Waals surface area contributed by atoms with Crippen LogP contribution in [0.3, 0.4) is 0 Å². The zero-order valence-corrected chi connectivity index (χ0v) is 11.5. The van der Waals surface area contributed by atoms with Gasteiger partial charge in [-0.15, -0.1) is 0 Å². The predicted molar refractivity (Wildman–Crippen MR) is 68.9 cm³/mol. The van der Waals surface area contributed by atoms with Gasteiger partial charge in [0.25, 0.3) is 0 Å². The molecular weight excluding hydrogens is 232 g/mol. The summed E-state index contributed by atoms with van der Waals surface area (Å²) in [6, 6.07) is 7.05. The molecule has 4 nitrogen and oxygen atoms in total. The molecule has 0 aliphatic heterocycles. The minimum Gasteiger partial charge on any atom is -0.497 e. The van der Waals surface area contributed by atoms with Crippen molar-refractivity contribution in [1.82, 2.24) is 0 Å². The zero-order chi connectivity index (χ0) is 13.8. The Morgan fingerprint density at radius 3 is 2.06 bits per heavy atom. The van der Waals surface area contributed by atoms with E-state index >= 15 is 0 Å². The minimum atomic E-state index is -0.641. The summed E-state index contributed by atoms with van der Waals surface area (Å²) >= 11 is 0. The van der Waals surface area contributed by atoms with Gasteiger partial charge in [-0.3, -0.25) is 0 Å². The Morgan fingerprint density at radius 1 is 1.11 bits per heavy atom. The third-order valence-electron chi connectivity index (χ3n) is 2.11. The van der Waals surface area contributed by atoms with Gasteiger partial charge in [0.2, 0.25) is 0 Å². The minimum absolute atomic E-state index is 0.377. The van der Waals surface area contributed by atoms with E-state index in [1.165, 1.54) is 0 Å². The highest BCUT2D eigenvalue weighted by Crippen LogP contribution is 2.19. The molecule has 0 aromatic heterocycles. The lowest BCUT2D eigenvalue weighted by Crippen LogP contribution is -2.33. The molecule has 18 heavy (non-hydrogen) atoms. The number of ether oxygens (including phenoxy) is 3. The molecule has 4 heteroatoms. The SMILES string of the molecule is COc1ccc(O[C@H](C)C(=O)OC(C)(C)C)cc1. The van der Waals surface area contributed by atoms with Crippen LogP contribution in [0, 0.1) is 0 Å². The highest BCUT2D eigenvalue weighted by Gasteiger charge is 2.22. The van der Waals surface area contributed by atoms with Gasteiger partial charge in [0.1, 0.15) is 17.1 Å². The Balaban J connectivity index is 2.58. The molecule has 1 rings (SSSR count). The molecule has 0 spiro atoms. The number of hydrogen-bond donors (Lipinski definition) is 0. The van der Waals surface area contributed by atoms with Crippen LogP contribution in [0.1, 0.15) is 27.7 Å². The van der Waals surface area contributed by atoms with E-state index in [1.807, 2.05) is 20.8 Å². The van der Waals surface area contributed by atoms with Crippen molar-refractivity contribution >= 4 is 5.97 Å². The highest BCUT2D eigenvalue weighted by atomic mass is 16.6. The van der Waals surface area contributed by atoms with Crippen molar-refractivity contribution in [3.8, 4) is 11.5 Å². The van der Waals surface area contributed by atoms with Crippen molar-refractivity contribution in [2.24, 2.45) is 0 Å². The van der Waals surface area contributed by atoms with Crippen LogP contribution in [0.4, 0.5) is 0 Å². The molecule has 0 aliphatic carbocycles. The van der Waals surface area contributed by atoms with E-state index in [0.29, 0.717) is 5.75 Å². The average Bonchev–Trinajstić information content (AvgIpc) is 2.27. The summed E-state index contributed by atoms with van der Waals surface area (Å²) in [4.78, 5) is 11.7. The lowest BCUT2D eigenvalue weighted by Gasteiger charge is -2.22. The number of hydrogen-bond acceptors (Lipinski definition) is 4. The van der Waals surface area contributed by atoms with Crippen LogP contribution in [0.5, 0.6) is 11.5 Å². The van der Waals surface area contributed by atoms with Crippen molar-refractivity contribution in [1.29, 1.82) is 0 Å². The molecule has 0 saturated carbocycles. The third-order valence-corrected chi connectivity index (χ3v) is 2.11. The Labute approximate surface area is 108 Å². The first-order chi connectivity index (χ1) is 8.31. The molecule has 0 bridgehead atoms. The van der Waals surface area contributed by atoms with Crippen molar-refractivity contribution in [2.75, 3.05) is 7.11 Å². The molecule has 1 aromatic rings. The van der Waals surface area contributed by atoms with Crippen molar-refractivity contribution in [3.63, 3.8) is 0 Å². The fourth-order valence-electron chi connectivity index (χ4n) is 1.29. The molecule has 0 N–H and O–H groups in total. The summed E-state index contributed by atoms with van der Waals surface area (Å²) in [7, 11) is 1.60. The van der Waals surface area contributed by atoms with Crippen LogP contribution in [0.25, 0.3) is 0 Å². The second-order valence-electron chi connectivity index (χ2n) is 4.97. The number of rotatable bonds is 4. The molecule has 0 fully saturated rings. The molecule has 1 atom stereocenters. The number of methoxy groups -OCH3 is 1. The molecule has 0 aliphatic rings. The average molecular weight is 252 g/mol. The Hall–Kier alpha value is -1.71. The smallest absolute Gasteiger partial charge is 0.347 e. The molecule has 0 radical (unpaired) electrons. The summed E-state index contributed by atoms with van der Waals surface area (Å²) in [6.45, 7) is 7.14. The van der Waals surface area contributed by atoms with Crippen molar-refractivity contribution < 1.29 is 19.0 Å². The van der Waals surface area contributed by atoms with Crippen LogP contribution >= 0.6 is 0 Å². The molecule has 0 unspecified atom stereocenters. The maximum absolute atomic E-state index is 11.7. The van der Waals surface area contributed by atoms with E-state index in [4.69, 9.17) is 14.2 Å². The van der Waals surface area contributed by atoms with Crippen LogP contribution in [0.2, 0.25) is 0 Å². The van der Waals surface area contributed by atoms with Gasteiger partial charge in [-0.25, -0.2) is 4.79 Å². The van der Waals surface area contributed by atoms with Gasteiger partial charge in [0, 0.05) is 0 Å². The second kappa shape index (κ2) is 5.76. The van der Waals surface area contributed by atoms with E-state index < -0.39 is 11.7 Å². The molecular formula is C14H20O4. The zero-order valence-electron chi connectivity index (χ0n) is 11.5. The summed E-state index contributed by atoms with van der Waals surface area (Å²) in [5.74, 6) is 0.972. The van der Waals surface area contributed by atoms with Crippen molar-refractivity contribution in [2.45, 2.75) is 39.4 Å². The van der Waals surface area contributed by atoms with Crippen molar-refractivity contribution in [3.05, 3.63) is 24.3 Å². The maximum atomic E-state index is 11.7. The standard InChI is InChI=1S/C14H20O4/c1-10(13(15)18-14(2,3)4)17-12-8-6-11(16-5)7-9-12/h6-10H,1-5H3/t10-/m1/s1. The van der Waals surface area contributed by atoms with Gasteiger partial charge in [0.05, 0.1) is 7.11 Å². The molecule has 0 heterocycles. The summed E-state index contributed by atoms with van der Waals surface area (Å²) in [5.41, 5.74) is -0.505. The molecule has 1 aromatic carbocycles. The normalized spacial score (nSPS) is 12.7. The maximum Gasteiger partial charge on any atom is 0.347 e. The largest absolute Gasteiger partial charge is 0.497 e. The molecule has 0 amide bonds. The topological polar surface area (TPSA) is 44.8 Å². The first-order valence-electron chi connectivity index (χ1n) is 5.85. The van der Waals surface area contributed by atoms with E-state index in [9.17, 15) is 4.79 Å². The van der Waals surface area contributed by atoms with Gasteiger partial charge in [-0.05, 0) is 52.0 Å². The van der Waals surface area contributed by atoms with E-state index in [2.05, 4.69) is 0 Å². The van der Waals surface area contributed by atoms with Gasteiger partial charge in [0.15, 0.2) is 6.10 Å². The van der Waals surface area contributed by atoms with E-state index in [1.54, 1.807) is 38.3 Å². The predicted octanol–water partition coefficient (Wildman–Crippen LogP) is 2.80. The monoisotopic (exact) mass is 252 g/mol. The lowest BCUT2D eigenvalue weighted by molar-refractivity contribution is -0.162. The Bertz CT molecular complexity index is 389. The van der Waals surface area contributed by atoms with Gasteiger partial charge in [-0.2, -0.15) is 0 Å². The number of esters is 1. The van der Waals surface area contributed by atoms with Gasteiger partial charge in [-0.1, -0.05) is 0 Å². The van der Waals surface area contributed by atoms with Gasteiger partial charge >= 0.3 is 5.97 Å². The Kier molecular flexibility index (Phi) is 4.59. The Morgan fingerprint density at radius 2 is 1.61 bits per heavy atom. The van der Waals surface area contributed by atoms with Gasteiger partial charge < -0.3 is 14.2 Å². The molecule has 100 valence electrons. The summed E-state index contributed by atoms with van der Waals surface area (Å²) in [6.07, 6.45) is -0.641. The first-order valence-corrected chi connectivity index (χ1v) is 5.85. The van der Waals surface area contributed by atoms with Crippen LogP contribution in [-0.2, 0) is 9.53 Å². The quantitative estimate of drug-likeness (QED) is 0.773. The van der Waals surface area contributed by atoms with Crippen LogP contribution < -0.4 is 9.47 Å². The molecule has 0 saturated heterocycles. The first kappa shape index (κ1) is 14.4. The third kappa shape index (κ3) is 4.65. The number of benzene rings is 1. The highest BCUT2D eigenvalue weighted by molar-refractivity contribution is 5.75. The van der Waals surface area contributed by atoms with E-state index in [0.717, 1.165) is 5.75 Å². The fraction of sp³-hybridized carbons (Fsp3) is 0.500. The van der Waals surface area contributed by atoms with Crippen LogP contribution in [-0.4, -0.2) is 24.8 Å². The number of carbonyl (C=O) groups excluding carboxylic acids is 1. The second-order valence-corrected chi connectivity index (χ2v) is 4.97. The lowest BCUT2D eigenvalue weighted by atomic mass is 10.2. The van der Waals surface area contributed by atoms with Crippen LogP contribution in [0.15, 0.2) is 24.3 Å². The number of carbonyl (C=O) groups is 1. The summed E-state index contributed by atoms with van der Waals surface area (Å²) in [5, 5.41) is 0.